The first-order valence-electron chi connectivity index (χ1n) is 9.71. The topological polar surface area (TPSA) is 71.1 Å². The number of amides is 1. The molecule has 156 valence electrons. The minimum atomic E-state index is -0.620. The number of rotatable bonds is 7. The first kappa shape index (κ1) is 22.2. The maximum absolute atomic E-state index is 12.2. The summed E-state index contributed by atoms with van der Waals surface area (Å²) < 4.78 is 10.6. The lowest BCUT2D eigenvalue weighted by molar-refractivity contribution is -0.156. The van der Waals surface area contributed by atoms with Crippen molar-refractivity contribution in [1.29, 1.82) is 0 Å². The van der Waals surface area contributed by atoms with E-state index in [1.54, 1.807) is 20.8 Å². The fourth-order valence-electron chi connectivity index (χ4n) is 2.95. The molecule has 0 aromatic heterocycles. The Morgan fingerprint density at radius 2 is 1.79 bits per heavy atom. The summed E-state index contributed by atoms with van der Waals surface area (Å²) in [5.41, 5.74) is 1.65. The summed E-state index contributed by atoms with van der Waals surface area (Å²) in [5, 5.41) is 2.91. The molecule has 0 unspecified atom stereocenters. The number of hydrogen-bond acceptors (Lipinski definition) is 6. The third-order valence-corrected chi connectivity index (χ3v) is 4.72. The van der Waals surface area contributed by atoms with E-state index in [0.717, 1.165) is 24.3 Å². The molecule has 1 amide bonds. The first-order valence-corrected chi connectivity index (χ1v) is 9.71. The standard InChI is InChI=1S/C21H33N3O4/c1-21(2,3)20(26)28-15-19(25)22-14-18(24-10-12-27-13-11-24)16-6-8-17(9-7-16)23(4)5/h6-9,18H,10-15H2,1-5H3,(H,22,25)/t18-/m1/s1. The predicted octanol–water partition coefficient (Wildman–Crippen LogP) is 1.83. The highest BCUT2D eigenvalue weighted by atomic mass is 16.5. The van der Waals surface area contributed by atoms with Crippen molar-refractivity contribution in [1.82, 2.24) is 10.2 Å². The third kappa shape index (κ3) is 6.49. The number of carbonyl (C=O) groups is 2. The lowest BCUT2D eigenvalue weighted by Gasteiger charge is -2.35. The van der Waals surface area contributed by atoms with E-state index in [1.165, 1.54) is 0 Å². The molecule has 1 aromatic rings. The second-order valence-corrected chi connectivity index (χ2v) is 8.28. The molecule has 1 aromatic carbocycles. The number of benzene rings is 1. The molecule has 2 rings (SSSR count). The fraction of sp³-hybridized carbons (Fsp3) is 0.619. The van der Waals surface area contributed by atoms with Crippen LogP contribution in [0.2, 0.25) is 0 Å². The molecule has 1 aliphatic heterocycles. The van der Waals surface area contributed by atoms with Crippen LogP contribution in [-0.4, -0.2) is 70.3 Å². The summed E-state index contributed by atoms with van der Waals surface area (Å²) >= 11 is 0. The van der Waals surface area contributed by atoms with Gasteiger partial charge in [0.25, 0.3) is 5.91 Å². The van der Waals surface area contributed by atoms with E-state index in [-0.39, 0.29) is 24.5 Å². The van der Waals surface area contributed by atoms with Crippen molar-refractivity contribution in [2.75, 3.05) is 58.5 Å². The van der Waals surface area contributed by atoms with Gasteiger partial charge in [-0.05, 0) is 38.5 Å². The average molecular weight is 392 g/mol. The van der Waals surface area contributed by atoms with Crippen LogP contribution in [-0.2, 0) is 19.1 Å². The van der Waals surface area contributed by atoms with Gasteiger partial charge in [-0.1, -0.05) is 12.1 Å². The largest absolute Gasteiger partial charge is 0.455 e. The van der Waals surface area contributed by atoms with Crippen LogP contribution < -0.4 is 10.2 Å². The van der Waals surface area contributed by atoms with Crippen molar-refractivity contribution >= 4 is 17.6 Å². The van der Waals surface area contributed by atoms with Crippen LogP contribution in [0.25, 0.3) is 0 Å². The van der Waals surface area contributed by atoms with Gasteiger partial charge in [0.2, 0.25) is 0 Å². The van der Waals surface area contributed by atoms with Gasteiger partial charge < -0.3 is 19.7 Å². The van der Waals surface area contributed by atoms with Crippen molar-refractivity contribution in [3.63, 3.8) is 0 Å². The van der Waals surface area contributed by atoms with E-state index in [9.17, 15) is 9.59 Å². The molecule has 1 N–H and O–H groups in total. The van der Waals surface area contributed by atoms with Crippen LogP contribution in [0.5, 0.6) is 0 Å². The molecule has 0 aliphatic carbocycles. The van der Waals surface area contributed by atoms with E-state index in [2.05, 4.69) is 39.4 Å². The SMILES string of the molecule is CN(C)c1ccc([C@@H](CNC(=O)COC(=O)C(C)(C)C)N2CCOCC2)cc1. The molecular weight excluding hydrogens is 358 g/mol. The summed E-state index contributed by atoms with van der Waals surface area (Å²) in [6.45, 7) is 8.48. The molecule has 0 bridgehead atoms. The lowest BCUT2D eigenvalue weighted by atomic mass is 9.97. The molecule has 1 atom stereocenters. The Labute approximate surface area is 168 Å². The van der Waals surface area contributed by atoms with Gasteiger partial charge in [0, 0.05) is 39.4 Å². The maximum atomic E-state index is 12.2. The van der Waals surface area contributed by atoms with Gasteiger partial charge in [0.15, 0.2) is 6.61 Å². The quantitative estimate of drug-likeness (QED) is 0.715. The minimum absolute atomic E-state index is 0.0439. The second-order valence-electron chi connectivity index (χ2n) is 8.28. The Bertz CT molecular complexity index is 647. The Hall–Kier alpha value is -2.12. The van der Waals surface area contributed by atoms with Crippen molar-refractivity contribution in [2.24, 2.45) is 5.41 Å². The number of ether oxygens (including phenoxy) is 2. The Morgan fingerprint density at radius 3 is 2.32 bits per heavy atom. The highest BCUT2D eigenvalue weighted by Crippen LogP contribution is 2.24. The second kappa shape index (κ2) is 9.89. The monoisotopic (exact) mass is 391 g/mol. The number of carbonyl (C=O) groups excluding carboxylic acids is 2. The molecular formula is C21H33N3O4. The number of nitrogens with one attached hydrogen (secondary N) is 1. The Kier molecular flexibility index (Phi) is 7.83. The van der Waals surface area contributed by atoms with Gasteiger partial charge >= 0.3 is 5.97 Å². The van der Waals surface area contributed by atoms with Crippen molar-refractivity contribution in [3.05, 3.63) is 29.8 Å². The Balaban J connectivity index is 1.99. The van der Waals surface area contributed by atoms with Crippen molar-refractivity contribution in [2.45, 2.75) is 26.8 Å². The molecule has 0 spiro atoms. The van der Waals surface area contributed by atoms with Gasteiger partial charge in [-0.2, -0.15) is 0 Å². The van der Waals surface area contributed by atoms with Crippen LogP contribution in [0.15, 0.2) is 24.3 Å². The molecule has 1 aliphatic rings. The summed E-state index contributed by atoms with van der Waals surface area (Å²) in [7, 11) is 4.02. The maximum Gasteiger partial charge on any atom is 0.311 e. The van der Waals surface area contributed by atoms with Crippen LogP contribution in [0, 0.1) is 5.41 Å². The zero-order valence-corrected chi connectivity index (χ0v) is 17.7. The van der Waals surface area contributed by atoms with E-state index in [4.69, 9.17) is 9.47 Å². The molecule has 1 heterocycles. The summed E-state index contributed by atoms with van der Waals surface area (Å²) in [5.74, 6) is -0.674. The molecule has 1 saturated heterocycles. The van der Waals surface area contributed by atoms with E-state index in [1.807, 2.05) is 14.1 Å². The molecule has 7 nitrogen and oxygen atoms in total. The fourth-order valence-corrected chi connectivity index (χ4v) is 2.95. The zero-order valence-electron chi connectivity index (χ0n) is 17.7. The van der Waals surface area contributed by atoms with Crippen molar-refractivity contribution < 1.29 is 19.1 Å². The van der Waals surface area contributed by atoms with Crippen LogP contribution in [0.4, 0.5) is 5.69 Å². The van der Waals surface area contributed by atoms with Gasteiger partial charge in [0.05, 0.1) is 24.7 Å². The normalized spacial score (nSPS) is 16.3. The molecule has 0 radical (unpaired) electrons. The number of morpholine rings is 1. The average Bonchev–Trinajstić information content (AvgIpc) is 2.66. The summed E-state index contributed by atoms with van der Waals surface area (Å²) in [6, 6.07) is 8.40. The molecule has 7 heteroatoms. The molecule has 0 saturated carbocycles. The minimum Gasteiger partial charge on any atom is -0.455 e. The Morgan fingerprint density at radius 1 is 1.18 bits per heavy atom. The number of hydrogen-bond donors (Lipinski definition) is 1. The highest BCUT2D eigenvalue weighted by molar-refractivity contribution is 5.82. The number of nitrogens with zero attached hydrogens (tertiary/aromatic N) is 2. The van der Waals surface area contributed by atoms with E-state index >= 15 is 0 Å². The van der Waals surface area contributed by atoms with E-state index in [0.29, 0.717) is 19.8 Å². The van der Waals surface area contributed by atoms with Crippen molar-refractivity contribution in [3.8, 4) is 0 Å². The van der Waals surface area contributed by atoms with Gasteiger partial charge in [-0.25, -0.2) is 0 Å². The lowest BCUT2D eigenvalue weighted by Crippen LogP contribution is -2.44. The number of esters is 1. The summed E-state index contributed by atoms with van der Waals surface area (Å²) in [4.78, 5) is 28.4. The number of anilines is 1. The smallest absolute Gasteiger partial charge is 0.311 e. The van der Waals surface area contributed by atoms with Crippen LogP contribution in [0.1, 0.15) is 32.4 Å². The van der Waals surface area contributed by atoms with Gasteiger partial charge in [-0.15, -0.1) is 0 Å². The van der Waals surface area contributed by atoms with Crippen LogP contribution >= 0.6 is 0 Å². The first-order chi connectivity index (χ1) is 13.2. The summed E-state index contributed by atoms with van der Waals surface area (Å²) in [6.07, 6.45) is 0. The zero-order chi connectivity index (χ0) is 20.7. The molecule has 28 heavy (non-hydrogen) atoms. The highest BCUT2D eigenvalue weighted by Gasteiger charge is 2.25. The predicted molar refractivity (Wildman–Crippen MR) is 109 cm³/mol. The van der Waals surface area contributed by atoms with E-state index < -0.39 is 5.41 Å². The van der Waals surface area contributed by atoms with Gasteiger partial charge in [-0.3, -0.25) is 14.5 Å². The van der Waals surface area contributed by atoms with Gasteiger partial charge in [0.1, 0.15) is 0 Å². The van der Waals surface area contributed by atoms with Crippen LogP contribution in [0.3, 0.4) is 0 Å². The molecule has 1 fully saturated rings. The third-order valence-electron chi connectivity index (χ3n) is 4.72.